The van der Waals surface area contributed by atoms with Gasteiger partial charge in [0.05, 0.1) is 0 Å². The molecule has 1 aromatic heterocycles. The lowest BCUT2D eigenvalue weighted by molar-refractivity contribution is -0.134. The third kappa shape index (κ3) is 3.85. The van der Waals surface area contributed by atoms with Crippen LogP contribution >= 0.6 is 0 Å². The van der Waals surface area contributed by atoms with E-state index in [1.165, 1.54) is 0 Å². The number of nitrogens with zero attached hydrogens (tertiary/aromatic N) is 2. The van der Waals surface area contributed by atoms with Gasteiger partial charge in [-0.3, -0.25) is 9.78 Å². The van der Waals surface area contributed by atoms with Crippen LogP contribution in [0.2, 0.25) is 0 Å². The monoisotopic (exact) mass is 296 g/mol. The summed E-state index contributed by atoms with van der Waals surface area (Å²) in [6.07, 6.45) is 5.69. The van der Waals surface area contributed by atoms with E-state index in [9.17, 15) is 4.79 Å². The number of hydrogen-bond acceptors (Lipinski definition) is 3. The van der Waals surface area contributed by atoms with E-state index in [2.05, 4.69) is 4.98 Å². The van der Waals surface area contributed by atoms with Gasteiger partial charge in [-0.1, -0.05) is 12.1 Å². The molecular weight excluding hydrogens is 276 g/mol. The Bertz CT molecular complexity index is 639. The molecule has 1 heterocycles. The predicted octanol–water partition coefficient (Wildman–Crippen LogP) is 2.96. The number of aryl methyl sites for hydroxylation is 1. The lowest BCUT2D eigenvalue weighted by atomic mass is 10.2. The van der Waals surface area contributed by atoms with Gasteiger partial charge in [0, 0.05) is 25.0 Å². The number of ether oxygens (including phenoxy) is 1. The quantitative estimate of drug-likeness (QED) is 0.823. The summed E-state index contributed by atoms with van der Waals surface area (Å²) in [6.45, 7) is 2.73. The van der Waals surface area contributed by atoms with E-state index in [1.807, 2.05) is 48.2 Å². The van der Waals surface area contributed by atoms with Crippen LogP contribution in [0.4, 0.5) is 0 Å². The molecule has 2 aromatic rings. The Morgan fingerprint density at radius 1 is 1.27 bits per heavy atom. The van der Waals surface area contributed by atoms with Gasteiger partial charge in [0.15, 0.2) is 6.61 Å². The molecule has 0 radical (unpaired) electrons. The smallest absolute Gasteiger partial charge is 0.261 e. The largest absolute Gasteiger partial charge is 0.484 e. The predicted molar refractivity (Wildman–Crippen MR) is 84.5 cm³/mol. The van der Waals surface area contributed by atoms with Crippen molar-refractivity contribution in [3.8, 4) is 5.75 Å². The Kier molecular flexibility index (Phi) is 4.37. The van der Waals surface area contributed by atoms with Crippen molar-refractivity contribution in [1.29, 1.82) is 0 Å². The van der Waals surface area contributed by atoms with Crippen molar-refractivity contribution in [1.82, 2.24) is 9.88 Å². The number of amides is 1. The normalized spacial score (nSPS) is 13.7. The zero-order valence-corrected chi connectivity index (χ0v) is 12.7. The zero-order valence-electron chi connectivity index (χ0n) is 12.7. The number of benzene rings is 1. The van der Waals surface area contributed by atoms with Crippen LogP contribution in [0, 0.1) is 6.92 Å². The Morgan fingerprint density at radius 2 is 2.05 bits per heavy atom. The molecule has 0 N–H and O–H groups in total. The second-order valence-corrected chi connectivity index (χ2v) is 5.71. The molecule has 3 rings (SSSR count). The van der Waals surface area contributed by atoms with Crippen molar-refractivity contribution in [3.63, 3.8) is 0 Å². The molecule has 114 valence electrons. The third-order valence-corrected chi connectivity index (χ3v) is 3.76. The molecule has 0 spiro atoms. The van der Waals surface area contributed by atoms with Gasteiger partial charge < -0.3 is 9.64 Å². The van der Waals surface area contributed by atoms with Crippen LogP contribution in [0.15, 0.2) is 48.8 Å². The molecule has 1 aliphatic carbocycles. The Hall–Kier alpha value is -2.36. The highest BCUT2D eigenvalue weighted by atomic mass is 16.5. The van der Waals surface area contributed by atoms with Crippen LogP contribution in [0.3, 0.4) is 0 Å². The van der Waals surface area contributed by atoms with Crippen LogP contribution < -0.4 is 4.74 Å². The van der Waals surface area contributed by atoms with Gasteiger partial charge in [-0.15, -0.1) is 0 Å². The molecule has 1 fully saturated rings. The van der Waals surface area contributed by atoms with Gasteiger partial charge >= 0.3 is 0 Å². The van der Waals surface area contributed by atoms with Gasteiger partial charge in [-0.05, 0) is 55.2 Å². The van der Waals surface area contributed by atoms with Crippen LogP contribution in [0.1, 0.15) is 24.0 Å². The average molecular weight is 296 g/mol. The maximum absolute atomic E-state index is 12.5. The van der Waals surface area contributed by atoms with E-state index in [0.717, 1.165) is 29.7 Å². The third-order valence-electron chi connectivity index (χ3n) is 3.76. The molecule has 4 heteroatoms. The molecule has 1 aliphatic rings. The Labute approximate surface area is 130 Å². The second-order valence-electron chi connectivity index (χ2n) is 5.71. The van der Waals surface area contributed by atoms with E-state index >= 15 is 0 Å². The van der Waals surface area contributed by atoms with Crippen LogP contribution in [-0.2, 0) is 11.3 Å². The van der Waals surface area contributed by atoms with Crippen molar-refractivity contribution in [2.45, 2.75) is 32.4 Å². The summed E-state index contributed by atoms with van der Waals surface area (Å²) < 4.78 is 5.64. The van der Waals surface area contributed by atoms with Gasteiger partial charge in [-0.25, -0.2) is 0 Å². The lowest BCUT2D eigenvalue weighted by Crippen LogP contribution is -2.36. The summed E-state index contributed by atoms with van der Waals surface area (Å²) in [7, 11) is 0. The molecule has 22 heavy (non-hydrogen) atoms. The van der Waals surface area contributed by atoms with E-state index in [4.69, 9.17) is 4.74 Å². The minimum Gasteiger partial charge on any atom is -0.484 e. The SMILES string of the molecule is Cc1cccc(OCC(=O)N(Cc2ccncc2)C2CC2)c1. The zero-order chi connectivity index (χ0) is 15.4. The lowest BCUT2D eigenvalue weighted by Gasteiger charge is -2.22. The first-order valence-electron chi connectivity index (χ1n) is 7.60. The van der Waals surface area contributed by atoms with Crippen molar-refractivity contribution in [3.05, 3.63) is 59.9 Å². The Balaban J connectivity index is 1.61. The fourth-order valence-corrected chi connectivity index (χ4v) is 2.43. The number of rotatable bonds is 6. The standard InChI is InChI=1S/C18H20N2O2/c1-14-3-2-4-17(11-14)22-13-18(21)20(16-5-6-16)12-15-7-9-19-10-8-15/h2-4,7-11,16H,5-6,12-13H2,1H3. The summed E-state index contributed by atoms with van der Waals surface area (Å²) in [5.74, 6) is 0.786. The van der Waals surface area contributed by atoms with Gasteiger partial charge in [0.25, 0.3) is 5.91 Å². The van der Waals surface area contributed by atoms with Crippen LogP contribution in [0.25, 0.3) is 0 Å². The molecule has 4 nitrogen and oxygen atoms in total. The second kappa shape index (κ2) is 6.60. The number of hydrogen-bond donors (Lipinski definition) is 0. The van der Waals surface area contributed by atoms with Crippen molar-refractivity contribution >= 4 is 5.91 Å². The molecule has 0 bridgehead atoms. The number of aromatic nitrogens is 1. The number of carbonyl (C=O) groups excluding carboxylic acids is 1. The van der Waals surface area contributed by atoms with E-state index in [-0.39, 0.29) is 12.5 Å². The molecule has 0 atom stereocenters. The number of pyridine rings is 1. The number of carbonyl (C=O) groups is 1. The minimum absolute atomic E-state index is 0.0424. The molecule has 1 aromatic carbocycles. The topological polar surface area (TPSA) is 42.4 Å². The molecule has 0 saturated heterocycles. The maximum Gasteiger partial charge on any atom is 0.261 e. The Morgan fingerprint density at radius 3 is 2.73 bits per heavy atom. The van der Waals surface area contributed by atoms with Gasteiger partial charge in [0.2, 0.25) is 0 Å². The van der Waals surface area contributed by atoms with Crippen molar-refractivity contribution in [2.24, 2.45) is 0 Å². The van der Waals surface area contributed by atoms with Crippen LogP contribution in [-0.4, -0.2) is 28.4 Å². The fourth-order valence-electron chi connectivity index (χ4n) is 2.43. The highest BCUT2D eigenvalue weighted by Crippen LogP contribution is 2.28. The fraction of sp³-hybridized carbons (Fsp3) is 0.333. The molecule has 1 saturated carbocycles. The maximum atomic E-state index is 12.5. The van der Waals surface area contributed by atoms with E-state index in [0.29, 0.717) is 12.6 Å². The summed E-state index contributed by atoms with van der Waals surface area (Å²) in [5.41, 5.74) is 2.23. The summed E-state index contributed by atoms with van der Waals surface area (Å²) >= 11 is 0. The molecule has 0 unspecified atom stereocenters. The first-order valence-corrected chi connectivity index (χ1v) is 7.60. The van der Waals surface area contributed by atoms with Crippen molar-refractivity contribution in [2.75, 3.05) is 6.61 Å². The van der Waals surface area contributed by atoms with E-state index < -0.39 is 0 Å². The molecular formula is C18H20N2O2. The molecule has 1 amide bonds. The summed E-state index contributed by atoms with van der Waals surface area (Å²) in [5, 5.41) is 0. The highest BCUT2D eigenvalue weighted by Gasteiger charge is 2.32. The first kappa shape index (κ1) is 14.6. The molecule has 0 aliphatic heterocycles. The van der Waals surface area contributed by atoms with Crippen molar-refractivity contribution < 1.29 is 9.53 Å². The van der Waals surface area contributed by atoms with Gasteiger partial charge in [0.1, 0.15) is 5.75 Å². The average Bonchev–Trinajstić information content (AvgIpc) is 3.36. The van der Waals surface area contributed by atoms with Crippen LogP contribution in [0.5, 0.6) is 5.75 Å². The highest BCUT2D eigenvalue weighted by molar-refractivity contribution is 5.78. The summed E-state index contributed by atoms with van der Waals surface area (Å²) in [6, 6.07) is 12.0. The minimum atomic E-state index is 0.0424. The first-order chi connectivity index (χ1) is 10.7. The van der Waals surface area contributed by atoms with E-state index in [1.54, 1.807) is 12.4 Å². The van der Waals surface area contributed by atoms with Gasteiger partial charge in [-0.2, -0.15) is 0 Å². The summed E-state index contributed by atoms with van der Waals surface area (Å²) in [4.78, 5) is 18.4.